The van der Waals surface area contributed by atoms with Gasteiger partial charge < -0.3 is 9.64 Å². The van der Waals surface area contributed by atoms with Crippen molar-refractivity contribution >= 4 is 5.78 Å². The Hall–Kier alpha value is -2.91. The molecule has 0 N–H and O–H groups in total. The largest absolute Gasteiger partial charge is 0.489 e. The molecular formula is C33H39NO2. The Kier molecular flexibility index (Phi) is 7.87. The van der Waals surface area contributed by atoms with Gasteiger partial charge in [-0.3, -0.25) is 4.79 Å². The number of hydrogen-bond donors (Lipinski definition) is 0. The Balaban J connectivity index is 1.11. The van der Waals surface area contributed by atoms with Crippen molar-refractivity contribution in [1.29, 1.82) is 0 Å². The van der Waals surface area contributed by atoms with E-state index in [1.54, 1.807) is 0 Å². The summed E-state index contributed by atoms with van der Waals surface area (Å²) < 4.78 is 6.07. The normalized spacial score (nSPS) is 18.9. The number of nitrogens with zero attached hydrogens (tertiary/aromatic N) is 1. The number of rotatable bonds is 8. The van der Waals surface area contributed by atoms with E-state index in [2.05, 4.69) is 79.4 Å². The molecule has 1 atom stereocenters. The first kappa shape index (κ1) is 24.8. The predicted molar refractivity (Wildman–Crippen MR) is 147 cm³/mol. The topological polar surface area (TPSA) is 29.5 Å². The molecule has 1 heterocycles. The number of carbonyl (C=O) groups is 1. The maximum atomic E-state index is 13.2. The smallest absolute Gasteiger partial charge is 0.166 e. The number of benzene rings is 3. The molecule has 0 radical (unpaired) electrons. The number of ketones is 1. The van der Waals surface area contributed by atoms with Crippen molar-refractivity contribution < 1.29 is 9.53 Å². The molecule has 3 aromatic rings. The van der Waals surface area contributed by atoms with Crippen LogP contribution >= 0.6 is 0 Å². The first-order valence-corrected chi connectivity index (χ1v) is 13.7. The Bertz CT molecular complexity index is 1140. The average molecular weight is 482 g/mol. The summed E-state index contributed by atoms with van der Waals surface area (Å²) in [6.45, 7) is 8.27. The second kappa shape index (κ2) is 11.4. The molecule has 0 spiro atoms. The maximum absolute atomic E-state index is 13.2. The highest BCUT2D eigenvalue weighted by molar-refractivity contribution is 6.00. The molecule has 1 fully saturated rings. The fraction of sp³-hybridized carbons (Fsp3) is 0.424. The number of carbonyl (C=O) groups excluding carboxylic acids is 1. The highest BCUT2D eigenvalue weighted by Crippen LogP contribution is 2.32. The molecule has 1 aliphatic carbocycles. The summed E-state index contributed by atoms with van der Waals surface area (Å²) >= 11 is 0. The van der Waals surface area contributed by atoms with Crippen molar-refractivity contribution in [3.05, 3.63) is 101 Å². The van der Waals surface area contributed by atoms with Crippen LogP contribution in [0.15, 0.2) is 72.8 Å². The zero-order valence-electron chi connectivity index (χ0n) is 21.8. The third-order valence-corrected chi connectivity index (χ3v) is 8.18. The fourth-order valence-electron chi connectivity index (χ4n) is 5.78. The monoisotopic (exact) mass is 481 g/mol. The summed E-state index contributed by atoms with van der Waals surface area (Å²) in [5.41, 5.74) is 6.04. The molecule has 3 aromatic carbocycles. The van der Waals surface area contributed by atoms with Crippen LogP contribution in [-0.2, 0) is 13.0 Å². The zero-order chi connectivity index (χ0) is 24.9. The van der Waals surface area contributed by atoms with Crippen molar-refractivity contribution in [1.82, 2.24) is 4.90 Å². The highest BCUT2D eigenvalue weighted by Gasteiger charge is 2.29. The third kappa shape index (κ3) is 5.90. The van der Waals surface area contributed by atoms with E-state index in [-0.39, 0.29) is 5.92 Å². The second-order valence-corrected chi connectivity index (χ2v) is 10.9. The van der Waals surface area contributed by atoms with Crippen LogP contribution in [0.3, 0.4) is 0 Å². The van der Waals surface area contributed by atoms with E-state index in [9.17, 15) is 4.79 Å². The van der Waals surface area contributed by atoms with Crippen LogP contribution in [0.5, 0.6) is 5.75 Å². The molecule has 2 aliphatic rings. The first-order valence-electron chi connectivity index (χ1n) is 13.7. The first-order chi connectivity index (χ1) is 17.6. The lowest BCUT2D eigenvalue weighted by molar-refractivity contribution is 0.0877. The van der Waals surface area contributed by atoms with Gasteiger partial charge in [0.05, 0.1) is 0 Å². The molecule has 0 amide bonds. The third-order valence-electron chi connectivity index (χ3n) is 8.18. The van der Waals surface area contributed by atoms with E-state index in [1.807, 2.05) is 12.1 Å². The van der Waals surface area contributed by atoms with E-state index in [0.29, 0.717) is 24.2 Å². The minimum Gasteiger partial charge on any atom is -0.489 e. The molecule has 36 heavy (non-hydrogen) atoms. The lowest BCUT2D eigenvalue weighted by Gasteiger charge is -2.33. The number of likely N-dealkylation sites (tertiary alicyclic amines) is 1. The molecular weight excluding hydrogens is 442 g/mol. The van der Waals surface area contributed by atoms with Crippen LogP contribution in [0.2, 0.25) is 0 Å². The number of ether oxygens (including phenoxy) is 1. The molecule has 188 valence electrons. The summed E-state index contributed by atoms with van der Waals surface area (Å²) in [6, 6.07) is 25.6. The van der Waals surface area contributed by atoms with Crippen molar-refractivity contribution in [2.24, 2.45) is 5.92 Å². The van der Waals surface area contributed by atoms with Gasteiger partial charge in [-0.05, 0) is 104 Å². The van der Waals surface area contributed by atoms with Gasteiger partial charge in [-0.2, -0.15) is 0 Å². The number of aryl methyl sites for hydroxylation is 1. The molecule has 0 aromatic heterocycles. The average Bonchev–Trinajstić information content (AvgIpc) is 2.92. The summed E-state index contributed by atoms with van der Waals surface area (Å²) in [6.07, 6.45) is 5.32. The van der Waals surface area contributed by atoms with Gasteiger partial charge >= 0.3 is 0 Å². The van der Waals surface area contributed by atoms with Gasteiger partial charge in [0.1, 0.15) is 12.4 Å². The van der Waals surface area contributed by atoms with Gasteiger partial charge in [0.25, 0.3) is 0 Å². The highest BCUT2D eigenvalue weighted by atomic mass is 16.5. The van der Waals surface area contributed by atoms with E-state index in [1.165, 1.54) is 29.5 Å². The van der Waals surface area contributed by atoms with Crippen LogP contribution in [0.4, 0.5) is 0 Å². The molecule has 1 unspecified atom stereocenters. The van der Waals surface area contributed by atoms with Gasteiger partial charge in [-0.25, -0.2) is 0 Å². The zero-order valence-corrected chi connectivity index (χ0v) is 21.8. The van der Waals surface area contributed by atoms with E-state index >= 15 is 0 Å². The molecule has 1 aliphatic heterocycles. The van der Waals surface area contributed by atoms with E-state index in [0.717, 1.165) is 55.8 Å². The van der Waals surface area contributed by atoms with E-state index < -0.39 is 0 Å². The lowest BCUT2D eigenvalue weighted by Crippen LogP contribution is -2.35. The summed E-state index contributed by atoms with van der Waals surface area (Å²) in [5.74, 6) is 2.55. The lowest BCUT2D eigenvalue weighted by atomic mass is 9.80. The van der Waals surface area contributed by atoms with Crippen molar-refractivity contribution in [2.45, 2.75) is 64.4 Å². The Morgan fingerprint density at radius 1 is 0.917 bits per heavy atom. The Labute approximate surface area is 216 Å². The molecule has 5 rings (SSSR count). The standard InChI is InChI=1S/C33H39NO2/c1-24(2)26-10-8-25(9-11-26)23-36-31-14-15-32-30(22-31)13-12-29(33(32)35)18-21-34-19-16-28(17-20-34)27-6-4-3-5-7-27/h3-11,14-15,22,24,28-29H,12-13,16-21,23H2,1-2H3. The summed E-state index contributed by atoms with van der Waals surface area (Å²) in [7, 11) is 0. The number of piperidine rings is 1. The molecule has 0 bridgehead atoms. The van der Waals surface area contributed by atoms with Crippen LogP contribution in [0.1, 0.15) is 84.0 Å². The number of Topliss-reactive ketones (excluding diaryl/α,β-unsaturated/α-hetero) is 1. The summed E-state index contributed by atoms with van der Waals surface area (Å²) in [5, 5.41) is 0. The van der Waals surface area contributed by atoms with E-state index in [4.69, 9.17) is 4.74 Å². The maximum Gasteiger partial charge on any atom is 0.166 e. The van der Waals surface area contributed by atoms with Crippen molar-refractivity contribution in [3.8, 4) is 5.75 Å². The van der Waals surface area contributed by atoms with Gasteiger partial charge in [0.15, 0.2) is 5.78 Å². The minimum absolute atomic E-state index is 0.149. The van der Waals surface area contributed by atoms with Crippen molar-refractivity contribution in [2.75, 3.05) is 19.6 Å². The molecule has 3 nitrogen and oxygen atoms in total. The SMILES string of the molecule is CC(C)c1ccc(COc2ccc3c(c2)CCC(CCN2CCC(c4ccccc4)CC2)C3=O)cc1. The molecule has 1 saturated heterocycles. The molecule has 0 saturated carbocycles. The van der Waals surface area contributed by atoms with Crippen LogP contribution in [0, 0.1) is 5.92 Å². The van der Waals surface area contributed by atoms with Crippen molar-refractivity contribution in [3.63, 3.8) is 0 Å². The minimum atomic E-state index is 0.149. The van der Waals surface area contributed by atoms with Crippen LogP contribution < -0.4 is 4.74 Å². The number of hydrogen-bond acceptors (Lipinski definition) is 3. The van der Waals surface area contributed by atoms with Gasteiger partial charge in [-0.15, -0.1) is 0 Å². The van der Waals surface area contributed by atoms with Gasteiger partial charge in [-0.1, -0.05) is 68.4 Å². The predicted octanol–water partition coefficient (Wildman–Crippen LogP) is 7.40. The molecule has 3 heteroatoms. The van der Waals surface area contributed by atoms with Crippen LogP contribution in [0.25, 0.3) is 0 Å². The Morgan fingerprint density at radius 2 is 1.67 bits per heavy atom. The van der Waals surface area contributed by atoms with Gasteiger partial charge in [0.2, 0.25) is 0 Å². The second-order valence-electron chi connectivity index (χ2n) is 10.9. The summed E-state index contributed by atoms with van der Waals surface area (Å²) in [4.78, 5) is 15.8. The van der Waals surface area contributed by atoms with Gasteiger partial charge in [0, 0.05) is 11.5 Å². The van der Waals surface area contributed by atoms with Crippen LogP contribution in [-0.4, -0.2) is 30.3 Å². The Morgan fingerprint density at radius 3 is 2.39 bits per heavy atom. The quantitative estimate of drug-likeness (QED) is 0.336. The number of fused-ring (bicyclic) bond motifs is 1. The fourth-order valence-corrected chi connectivity index (χ4v) is 5.78.